The summed E-state index contributed by atoms with van der Waals surface area (Å²) in [6.45, 7) is 3.35. The van der Waals surface area contributed by atoms with E-state index in [2.05, 4.69) is 10.3 Å². The van der Waals surface area contributed by atoms with E-state index >= 15 is 0 Å². The van der Waals surface area contributed by atoms with Crippen molar-refractivity contribution in [3.05, 3.63) is 35.6 Å². The first-order valence-electron chi connectivity index (χ1n) is 7.62. The molecule has 0 aliphatic carbocycles. The van der Waals surface area contributed by atoms with Crippen LogP contribution in [0.15, 0.2) is 29.3 Å². The molecule has 0 unspecified atom stereocenters. The monoisotopic (exact) mass is 333 g/mol. The third kappa shape index (κ3) is 8.42. The van der Waals surface area contributed by atoms with Crippen molar-refractivity contribution in [2.24, 2.45) is 4.99 Å². The second-order valence-corrected chi connectivity index (χ2v) is 5.29. The molecule has 1 N–H and O–H groups in total. The van der Waals surface area contributed by atoms with Gasteiger partial charge in [-0.1, -0.05) is 12.1 Å². The molecule has 1 rings (SSSR count). The molecule has 0 atom stereocenters. The minimum Gasteiger partial charge on any atom is -0.357 e. The fourth-order valence-electron chi connectivity index (χ4n) is 2.08. The van der Waals surface area contributed by atoms with E-state index in [-0.39, 0.29) is 12.2 Å². The van der Waals surface area contributed by atoms with Crippen molar-refractivity contribution < 1.29 is 17.6 Å². The molecule has 0 amide bonds. The predicted molar refractivity (Wildman–Crippen MR) is 83.8 cm³/mol. The van der Waals surface area contributed by atoms with Gasteiger partial charge in [0.05, 0.1) is 0 Å². The van der Waals surface area contributed by atoms with Gasteiger partial charge in [-0.3, -0.25) is 4.99 Å². The molecule has 23 heavy (non-hydrogen) atoms. The van der Waals surface area contributed by atoms with Crippen molar-refractivity contribution in [3.63, 3.8) is 0 Å². The van der Waals surface area contributed by atoms with Crippen LogP contribution in [-0.4, -0.2) is 37.2 Å². The second kappa shape index (κ2) is 9.37. The van der Waals surface area contributed by atoms with Crippen LogP contribution in [0.2, 0.25) is 0 Å². The molecule has 0 aliphatic heterocycles. The number of guanidine groups is 1. The van der Waals surface area contributed by atoms with Gasteiger partial charge in [0.2, 0.25) is 0 Å². The number of halogens is 4. The molecule has 0 fully saturated rings. The van der Waals surface area contributed by atoms with Gasteiger partial charge in [-0.2, -0.15) is 13.2 Å². The summed E-state index contributed by atoms with van der Waals surface area (Å²) in [5.41, 5.74) is 0.801. The lowest BCUT2D eigenvalue weighted by molar-refractivity contribution is -0.135. The molecule has 130 valence electrons. The second-order valence-electron chi connectivity index (χ2n) is 5.29. The van der Waals surface area contributed by atoms with Gasteiger partial charge in [0, 0.05) is 33.1 Å². The molecule has 0 saturated carbocycles. The van der Waals surface area contributed by atoms with E-state index in [0.717, 1.165) is 5.56 Å². The molecule has 0 spiro atoms. The van der Waals surface area contributed by atoms with Crippen LogP contribution < -0.4 is 5.32 Å². The zero-order valence-corrected chi connectivity index (χ0v) is 13.5. The third-order valence-electron chi connectivity index (χ3n) is 3.14. The van der Waals surface area contributed by atoms with Crippen molar-refractivity contribution >= 4 is 5.96 Å². The van der Waals surface area contributed by atoms with E-state index in [1.54, 1.807) is 6.07 Å². The van der Waals surface area contributed by atoms with Gasteiger partial charge in [0.15, 0.2) is 5.96 Å². The number of hydrogen-bond acceptors (Lipinski definition) is 1. The number of aliphatic imine (C=N–C) groups is 1. The van der Waals surface area contributed by atoms with Gasteiger partial charge in [0.1, 0.15) is 5.82 Å². The Bertz CT molecular complexity index is 500. The van der Waals surface area contributed by atoms with Gasteiger partial charge >= 0.3 is 6.18 Å². The molecule has 0 heterocycles. The highest BCUT2D eigenvalue weighted by Crippen LogP contribution is 2.22. The topological polar surface area (TPSA) is 27.6 Å². The number of unbranched alkanes of at least 4 members (excludes halogenated alkanes) is 1. The van der Waals surface area contributed by atoms with Crippen LogP contribution in [0.3, 0.4) is 0 Å². The van der Waals surface area contributed by atoms with Crippen LogP contribution in [0.25, 0.3) is 0 Å². The van der Waals surface area contributed by atoms with Crippen LogP contribution in [0.5, 0.6) is 0 Å². The maximum absolute atomic E-state index is 13.2. The Kier molecular flexibility index (Phi) is 7.85. The van der Waals surface area contributed by atoms with Crippen molar-refractivity contribution in [2.75, 3.05) is 20.1 Å². The lowest BCUT2D eigenvalue weighted by Crippen LogP contribution is -2.38. The van der Waals surface area contributed by atoms with Crippen molar-refractivity contribution in [2.45, 2.75) is 38.9 Å². The molecule has 3 nitrogen and oxygen atoms in total. The van der Waals surface area contributed by atoms with Crippen molar-refractivity contribution in [3.8, 4) is 0 Å². The average Bonchev–Trinajstić information content (AvgIpc) is 2.44. The summed E-state index contributed by atoms with van der Waals surface area (Å²) in [7, 11) is 1.81. The lowest BCUT2D eigenvalue weighted by atomic mass is 10.2. The first-order valence-corrected chi connectivity index (χ1v) is 7.62. The van der Waals surface area contributed by atoms with Gasteiger partial charge in [-0.25, -0.2) is 4.39 Å². The van der Waals surface area contributed by atoms with Crippen LogP contribution in [-0.2, 0) is 6.54 Å². The highest BCUT2D eigenvalue weighted by molar-refractivity contribution is 5.79. The predicted octanol–water partition coefficient (Wildman–Crippen LogP) is 3.96. The summed E-state index contributed by atoms with van der Waals surface area (Å²) < 4.78 is 49.4. The Balaban J connectivity index is 2.53. The summed E-state index contributed by atoms with van der Waals surface area (Å²) in [4.78, 5) is 6.14. The van der Waals surface area contributed by atoms with Gasteiger partial charge in [-0.05, 0) is 37.5 Å². The Morgan fingerprint density at radius 1 is 1.26 bits per heavy atom. The van der Waals surface area contributed by atoms with Crippen LogP contribution in [0, 0.1) is 5.82 Å². The molecule has 0 aromatic heterocycles. The highest BCUT2D eigenvalue weighted by Gasteiger charge is 2.25. The van der Waals surface area contributed by atoms with Crippen LogP contribution >= 0.6 is 0 Å². The number of rotatable bonds is 7. The van der Waals surface area contributed by atoms with E-state index in [9.17, 15) is 17.6 Å². The van der Waals surface area contributed by atoms with Gasteiger partial charge in [-0.15, -0.1) is 0 Å². The first-order chi connectivity index (χ1) is 10.8. The zero-order valence-electron chi connectivity index (χ0n) is 13.5. The number of nitrogens with zero attached hydrogens (tertiary/aromatic N) is 2. The summed E-state index contributed by atoms with van der Waals surface area (Å²) in [6.07, 6.45) is -4.44. The largest absolute Gasteiger partial charge is 0.389 e. The van der Waals surface area contributed by atoms with Crippen LogP contribution in [0.4, 0.5) is 17.6 Å². The normalized spacial score (nSPS) is 12.3. The zero-order chi connectivity index (χ0) is 17.3. The Labute approximate surface area is 134 Å². The van der Waals surface area contributed by atoms with E-state index in [0.29, 0.717) is 32.0 Å². The number of alkyl halides is 3. The molecule has 7 heteroatoms. The quantitative estimate of drug-likeness (QED) is 0.354. The Hall–Kier alpha value is -1.79. The standard InChI is InChI=1S/C16H23F4N3/c1-3-21-15(22-10-5-4-9-16(18,19)20)23(2)12-13-7-6-8-14(17)11-13/h6-8,11H,3-5,9-10,12H2,1-2H3,(H,21,22). The Morgan fingerprint density at radius 2 is 2.00 bits per heavy atom. The molecule has 1 aromatic rings. The summed E-state index contributed by atoms with van der Waals surface area (Å²) >= 11 is 0. The number of benzene rings is 1. The molecule has 0 saturated heterocycles. The Morgan fingerprint density at radius 3 is 2.61 bits per heavy atom. The van der Waals surface area contributed by atoms with Crippen molar-refractivity contribution in [1.82, 2.24) is 10.2 Å². The molecule has 0 radical (unpaired) electrons. The fraction of sp³-hybridized carbons (Fsp3) is 0.562. The van der Waals surface area contributed by atoms with Gasteiger partial charge < -0.3 is 10.2 Å². The van der Waals surface area contributed by atoms with Gasteiger partial charge in [0.25, 0.3) is 0 Å². The maximum atomic E-state index is 13.2. The molecule has 1 aromatic carbocycles. The molecular weight excluding hydrogens is 310 g/mol. The van der Waals surface area contributed by atoms with E-state index in [1.165, 1.54) is 12.1 Å². The SMILES string of the molecule is CCNC(=NCCCCC(F)(F)F)N(C)Cc1cccc(F)c1. The van der Waals surface area contributed by atoms with Crippen LogP contribution in [0.1, 0.15) is 31.7 Å². The van der Waals surface area contributed by atoms with E-state index in [1.807, 2.05) is 24.9 Å². The number of nitrogens with one attached hydrogen (secondary N) is 1. The molecular formula is C16H23F4N3. The first kappa shape index (κ1) is 19.3. The highest BCUT2D eigenvalue weighted by atomic mass is 19.4. The van der Waals surface area contributed by atoms with Crippen molar-refractivity contribution in [1.29, 1.82) is 0 Å². The molecule has 0 bridgehead atoms. The third-order valence-corrected chi connectivity index (χ3v) is 3.14. The summed E-state index contributed by atoms with van der Waals surface area (Å²) in [5.74, 6) is 0.300. The van der Waals surface area contributed by atoms with E-state index in [4.69, 9.17) is 0 Å². The number of hydrogen-bond donors (Lipinski definition) is 1. The maximum Gasteiger partial charge on any atom is 0.389 e. The fourth-order valence-corrected chi connectivity index (χ4v) is 2.08. The minimum absolute atomic E-state index is 0.0695. The van der Waals surface area contributed by atoms with E-state index < -0.39 is 12.6 Å². The average molecular weight is 333 g/mol. The summed E-state index contributed by atoms with van der Waals surface area (Å²) in [6, 6.07) is 6.28. The lowest BCUT2D eigenvalue weighted by Gasteiger charge is -2.22. The molecule has 0 aliphatic rings. The minimum atomic E-state index is -4.11. The smallest absolute Gasteiger partial charge is 0.357 e. The summed E-state index contributed by atoms with van der Waals surface area (Å²) in [5, 5.41) is 3.08.